The van der Waals surface area contributed by atoms with Crippen LogP contribution >= 0.6 is 11.6 Å². The quantitative estimate of drug-likeness (QED) is 0.315. The third-order valence-electron chi connectivity index (χ3n) is 3.76. The van der Waals surface area contributed by atoms with Crippen molar-refractivity contribution in [3.05, 3.63) is 52.8 Å². The molecule has 0 aromatic heterocycles. The van der Waals surface area contributed by atoms with Gasteiger partial charge in [0.1, 0.15) is 5.82 Å². The molecule has 0 unspecified atom stereocenters. The van der Waals surface area contributed by atoms with E-state index in [1.165, 1.54) is 25.5 Å². The smallest absolute Gasteiger partial charge is 0.329 e. The van der Waals surface area contributed by atoms with E-state index in [0.717, 1.165) is 6.07 Å². The molecule has 2 aromatic rings. The van der Waals surface area contributed by atoms with Crippen LogP contribution < -0.4 is 25.5 Å². The van der Waals surface area contributed by atoms with Crippen molar-refractivity contribution in [2.45, 2.75) is 19.9 Å². The van der Waals surface area contributed by atoms with E-state index < -0.39 is 23.5 Å². The van der Waals surface area contributed by atoms with Crippen molar-refractivity contribution in [1.82, 2.24) is 10.7 Å². The zero-order chi connectivity index (χ0) is 23.7. The number of carbonyl (C=O) groups excluding carboxylic acids is 3. The van der Waals surface area contributed by atoms with Gasteiger partial charge in [0.2, 0.25) is 0 Å². The number of ether oxygens (including phenoxy) is 2. The van der Waals surface area contributed by atoms with Gasteiger partial charge in [-0.15, -0.1) is 0 Å². The molecule has 0 atom stereocenters. The van der Waals surface area contributed by atoms with E-state index in [-0.39, 0.29) is 23.4 Å². The fraction of sp³-hybridized carbons (Fsp3) is 0.238. The fourth-order valence-corrected chi connectivity index (χ4v) is 2.52. The monoisotopic (exact) mass is 464 g/mol. The Bertz CT molecular complexity index is 1030. The highest BCUT2D eigenvalue weighted by atomic mass is 35.5. The van der Waals surface area contributed by atoms with Crippen LogP contribution in [0.5, 0.6) is 11.5 Å². The predicted octanol–water partition coefficient (Wildman–Crippen LogP) is 2.48. The van der Waals surface area contributed by atoms with E-state index in [9.17, 15) is 18.8 Å². The van der Waals surface area contributed by atoms with Crippen molar-refractivity contribution in [2.75, 3.05) is 19.0 Å². The minimum Gasteiger partial charge on any atom is -0.493 e. The maximum absolute atomic E-state index is 13.2. The van der Waals surface area contributed by atoms with Gasteiger partial charge in [0, 0.05) is 11.7 Å². The van der Waals surface area contributed by atoms with Gasteiger partial charge >= 0.3 is 11.8 Å². The van der Waals surface area contributed by atoms with E-state index in [4.69, 9.17) is 21.1 Å². The topological polar surface area (TPSA) is 118 Å². The Labute approximate surface area is 188 Å². The highest BCUT2D eigenvalue weighted by Gasteiger charge is 2.13. The molecule has 2 rings (SSSR count). The van der Waals surface area contributed by atoms with Gasteiger partial charge in [-0.1, -0.05) is 11.6 Å². The summed E-state index contributed by atoms with van der Waals surface area (Å²) in [5, 5.41) is 8.60. The Hall–Kier alpha value is -3.66. The summed E-state index contributed by atoms with van der Waals surface area (Å²) in [6.07, 6.45) is 1.32. The maximum Gasteiger partial charge on any atom is 0.329 e. The molecule has 0 aliphatic heterocycles. The number of anilines is 1. The van der Waals surface area contributed by atoms with Crippen LogP contribution in [0.25, 0.3) is 0 Å². The van der Waals surface area contributed by atoms with Crippen molar-refractivity contribution in [2.24, 2.45) is 5.10 Å². The molecule has 11 heteroatoms. The number of hydrogen-bond acceptors (Lipinski definition) is 6. The first kappa shape index (κ1) is 24.6. The summed E-state index contributed by atoms with van der Waals surface area (Å²) in [5.41, 5.74) is 2.99. The summed E-state index contributed by atoms with van der Waals surface area (Å²) >= 11 is 5.69. The Morgan fingerprint density at radius 1 is 1.12 bits per heavy atom. The molecule has 0 saturated heterocycles. The van der Waals surface area contributed by atoms with Crippen molar-refractivity contribution < 1.29 is 28.2 Å². The van der Waals surface area contributed by atoms with Gasteiger partial charge in [-0.05, 0) is 55.8 Å². The molecule has 9 nitrogen and oxygen atoms in total. The molecule has 0 saturated carbocycles. The van der Waals surface area contributed by atoms with E-state index in [2.05, 4.69) is 21.2 Å². The predicted molar refractivity (Wildman–Crippen MR) is 118 cm³/mol. The summed E-state index contributed by atoms with van der Waals surface area (Å²) < 4.78 is 23.9. The second-order valence-corrected chi connectivity index (χ2v) is 7.11. The second-order valence-electron chi connectivity index (χ2n) is 6.70. The maximum atomic E-state index is 13.2. The SMILES string of the molecule is COc1cc(/C=N\NC(=O)C(=O)NC(C)C)ccc1OCC(=O)Nc1ccc(F)c(Cl)c1. The van der Waals surface area contributed by atoms with E-state index in [0.29, 0.717) is 17.0 Å². The van der Waals surface area contributed by atoms with E-state index in [1.54, 1.807) is 32.0 Å². The van der Waals surface area contributed by atoms with Crippen LogP contribution in [0.2, 0.25) is 5.02 Å². The van der Waals surface area contributed by atoms with E-state index >= 15 is 0 Å². The average molecular weight is 465 g/mol. The summed E-state index contributed by atoms with van der Waals surface area (Å²) in [7, 11) is 1.42. The highest BCUT2D eigenvalue weighted by molar-refractivity contribution is 6.35. The van der Waals surface area contributed by atoms with Gasteiger partial charge in [-0.25, -0.2) is 9.82 Å². The van der Waals surface area contributed by atoms with Crippen LogP contribution in [0.15, 0.2) is 41.5 Å². The number of rotatable bonds is 8. The summed E-state index contributed by atoms with van der Waals surface area (Å²) in [5.74, 6) is -2.15. The number of carbonyl (C=O) groups is 3. The van der Waals surface area contributed by atoms with Crippen LogP contribution in [0, 0.1) is 5.82 Å². The van der Waals surface area contributed by atoms with Crippen LogP contribution in [-0.4, -0.2) is 43.7 Å². The van der Waals surface area contributed by atoms with Gasteiger partial charge in [0.15, 0.2) is 18.1 Å². The second kappa shape index (κ2) is 11.7. The van der Waals surface area contributed by atoms with E-state index in [1.807, 2.05) is 0 Å². The molecular formula is C21H22ClFN4O5. The number of nitrogens with zero attached hydrogens (tertiary/aromatic N) is 1. The van der Waals surface area contributed by atoms with Crippen molar-refractivity contribution in [3.63, 3.8) is 0 Å². The lowest BCUT2D eigenvalue weighted by Gasteiger charge is -2.11. The Morgan fingerprint density at radius 3 is 2.53 bits per heavy atom. The zero-order valence-corrected chi connectivity index (χ0v) is 18.3. The number of amides is 3. The summed E-state index contributed by atoms with van der Waals surface area (Å²) in [6, 6.07) is 8.35. The lowest BCUT2D eigenvalue weighted by molar-refractivity contribution is -0.139. The van der Waals surface area contributed by atoms with Crippen LogP contribution in [-0.2, 0) is 14.4 Å². The minimum absolute atomic E-state index is 0.112. The summed E-state index contributed by atoms with van der Waals surface area (Å²) in [4.78, 5) is 35.2. The molecular weight excluding hydrogens is 443 g/mol. The molecule has 32 heavy (non-hydrogen) atoms. The molecule has 2 aromatic carbocycles. The van der Waals surface area contributed by atoms with Crippen LogP contribution in [0.1, 0.15) is 19.4 Å². The molecule has 0 bridgehead atoms. The Balaban J connectivity index is 1.93. The van der Waals surface area contributed by atoms with Crippen LogP contribution in [0.3, 0.4) is 0 Å². The van der Waals surface area contributed by atoms with Gasteiger partial charge in [0.05, 0.1) is 18.3 Å². The largest absolute Gasteiger partial charge is 0.493 e. The number of hydrazone groups is 1. The van der Waals surface area contributed by atoms with Gasteiger partial charge in [0.25, 0.3) is 5.91 Å². The molecule has 0 spiro atoms. The Kier molecular flexibility index (Phi) is 8.96. The molecule has 0 heterocycles. The highest BCUT2D eigenvalue weighted by Crippen LogP contribution is 2.27. The van der Waals surface area contributed by atoms with Gasteiger partial charge < -0.3 is 20.1 Å². The number of halogens is 2. The number of benzene rings is 2. The summed E-state index contributed by atoms with van der Waals surface area (Å²) in [6.45, 7) is 3.12. The van der Waals surface area contributed by atoms with Crippen molar-refractivity contribution >= 4 is 41.2 Å². The molecule has 0 radical (unpaired) electrons. The molecule has 0 aliphatic rings. The zero-order valence-electron chi connectivity index (χ0n) is 17.6. The number of nitrogens with one attached hydrogen (secondary N) is 3. The van der Waals surface area contributed by atoms with Gasteiger partial charge in [-0.3, -0.25) is 14.4 Å². The molecule has 170 valence electrons. The van der Waals surface area contributed by atoms with Crippen LogP contribution in [0.4, 0.5) is 10.1 Å². The average Bonchev–Trinajstić information content (AvgIpc) is 2.74. The standard InChI is InChI=1S/C21H22ClFN4O5/c1-12(2)25-20(29)21(30)27-24-10-13-4-7-17(18(8-13)31-3)32-11-19(28)26-14-5-6-16(23)15(22)9-14/h4-10,12H,11H2,1-3H3,(H,25,29)(H,26,28)(H,27,30)/b24-10-. The molecule has 3 amide bonds. The van der Waals surface area contributed by atoms with Gasteiger partial charge in [-0.2, -0.15) is 5.10 Å². The third kappa shape index (κ3) is 7.55. The Morgan fingerprint density at radius 2 is 1.88 bits per heavy atom. The molecule has 0 aliphatic carbocycles. The number of hydrogen-bond donors (Lipinski definition) is 3. The van der Waals surface area contributed by atoms with Crippen molar-refractivity contribution in [3.8, 4) is 11.5 Å². The molecule has 0 fully saturated rings. The lowest BCUT2D eigenvalue weighted by Crippen LogP contribution is -2.41. The normalized spacial score (nSPS) is 10.7. The number of methoxy groups -OCH3 is 1. The first-order chi connectivity index (χ1) is 15.2. The first-order valence-corrected chi connectivity index (χ1v) is 9.77. The van der Waals surface area contributed by atoms with Crippen molar-refractivity contribution in [1.29, 1.82) is 0 Å². The minimum atomic E-state index is -0.893. The first-order valence-electron chi connectivity index (χ1n) is 9.39. The lowest BCUT2D eigenvalue weighted by atomic mass is 10.2. The third-order valence-corrected chi connectivity index (χ3v) is 4.05. The fourth-order valence-electron chi connectivity index (χ4n) is 2.34. The molecule has 3 N–H and O–H groups in total.